The fourth-order valence-corrected chi connectivity index (χ4v) is 2.97. The van der Waals surface area contributed by atoms with Crippen LogP contribution in [0.5, 0.6) is 0 Å². The number of hydrogen-bond acceptors (Lipinski definition) is 2. The highest BCUT2D eigenvalue weighted by atomic mass is 79.9. The van der Waals surface area contributed by atoms with Gasteiger partial charge in [0.15, 0.2) is 0 Å². The smallest absolute Gasteiger partial charge is 0.0208 e. The topological polar surface area (TPSA) is 15.3 Å². The Labute approximate surface area is 119 Å². The van der Waals surface area contributed by atoms with Crippen molar-refractivity contribution in [2.75, 3.05) is 20.1 Å². The summed E-state index contributed by atoms with van der Waals surface area (Å²) in [5.41, 5.74) is 2.69. The lowest BCUT2D eigenvalue weighted by atomic mass is 9.94. The molecule has 2 unspecified atom stereocenters. The highest BCUT2D eigenvalue weighted by molar-refractivity contribution is 9.10. The molecule has 1 aliphatic heterocycles. The minimum absolute atomic E-state index is 0.658. The van der Waals surface area contributed by atoms with Crippen LogP contribution in [-0.2, 0) is 6.54 Å². The van der Waals surface area contributed by atoms with E-state index < -0.39 is 0 Å². The largest absolute Gasteiger partial charge is 0.310 e. The predicted octanol–water partition coefficient (Wildman–Crippen LogP) is 3.19. The molecule has 100 valence electrons. The molecule has 18 heavy (non-hydrogen) atoms. The summed E-state index contributed by atoms with van der Waals surface area (Å²) in [5, 5.41) is 3.71. The number of hydrogen-bond donors (Lipinski definition) is 1. The Hall–Kier alpha value is -0.380. The van der Waals surface area contributed by atoms with E-state index in [9.17, 15) is 0 Å². The van der Waals surface area contributed by atoms with Crippen LogP contribution in [0.4, 0.5) is 0 Å². The maximum atomic E-state index is 3.71. The van der Waals surface area contributed by atoms with E-state index in [-0.39, 0.29) is 0 Å². The first-order valence-corrected chi connectivity index (χ1v) is 7.52. The van der Waals surface area contributed by atoms with Gasteiger partial charge in [-0.3, -0.25) is 0 Å². The fraction of sp³-hybridized carbons (Fsp3) is 0.600. The Morgan fingerprint density at radius 1 is 1.44 bits per heavy atom. The highest BCUT2D eigenvalue weighted by Gasteiger charge is 2.23. The standard InChI is InChI=1S/C15H23BrN2/c1-11-8-13(4-5-14(11)16)9-17-15-6-7-18(3)10-12(15)2/h4-5,8,12,15,17H,6-7,9-10H2,1-3H3. The second kappa shape index (κ2) is 6.18. The van der Waals surface area contributed by atoms with Gasteiger partial charge in [-0.05, 0) is 50.0 Å². The van der Waals surface area contributed by atoms with Crippen molar-refractivity contribution < 1.29 is 0 Å². The summed E-state index contributed by atoms with van der Waals surface area (Å²) in [7, 11) is 2.21. The van der Waals surface area contributed by atoms with Gasteiger partial charge in [-0.15, -0.1) is 0 Å². The van der Waals surface area contributed by atoms with Crippen LogP contribution in [-0.4, -0.2) is 31.1 Å². The van der Waals surface area contributed by atoms with E-state index in [4.69, 9.17) is 0 Å². The van der Waals surface area contributed by atoms with Crippen molar-refractivity contribution >= 4 is 15.9 Å². The lowest BCUT2D eigenvalue weighted by Gasteiger charge is -2.35. The minimum Gasteiger partial charge on any atom is -0.310 e. The summed E-state index contributed by atoms with van der Waals surface area (Å²) in [6.45, 7) is 7.89. The SMILES string of the molecule is Cc1cc(CNC2CCN(C)CC2C)ccc1Br. The van der Waals surface area contributed by atoms with Gasteiger partial charge in [0.05, 0.1) is 0 Å². The maximum absolute atomic E-state index is 3.71. The van der Waals surface area contributed by atoms with Crippen LogP contribution >= 0.6 is 15.9 Å². The third-order valence-corrected chi connectivity index (χ3v) is 4.79. The van der Waals surface area contributed by atoms with Gasteiger partial charge < -0.3 is 10.2 Å². The number of nitrogens with zero attached hydrogens (tertiary/aromatic N) is 1. The fourth-order valence-electron chi connectivity index (χ4n) is 2.72. The normalized spacial score (nSPS) is 25.3. The van der Waals surface area contributed by atoms with Crippen LogP contribution < -0.4 is 5.32 Å². The predicted molar refractivity (Wildman–Crippen MR) is 80.8 cm³/mol. The molecule has 3 heteroatoms. The molecule has 1 saturated heterocycles. The summed E-state index contributed by atoms with van der Waals surface area (Å²) in [4.78, 5) is 2.42. The van der Waals surface area contributed by atoms with Crippen molar-refractivity contribution in [3.63, 3.8) is 0 Å². The van der Waals surface area contributed by atoms with E-state index in [0.717, 1.165) is 12.5 Å². The van der Waals surface area contributed by atoms with Gasteiger partial charge in [0, 0.05) is 23.6 Å². The van der Waals surface area contributed by atoms with Gasteiger partial charge in [-0.2, -0.15) is 0 Å². The van der Waals surface area contributed by atoms with E-state index in [0.29, 0.717) is 6.04 Å². The zero-order valence-electron chi connectivity index (χ0n) is 11.5. The van der Waals surface area contributed by atoms with Crippen molar-refractivity contribution in [3.8, 4) is 0 Å². The van der Waals surface area contributed by atoms with E-state index in [1.807, 2.05) is 0 Å². The first kappa shape index (κ1) is 14.0. The van der Waals surface area contributed by atoms with Crippen LogP contribution in [0.3, 0.4) is 0 Å². The molecule has 0 saturated carbocycles. The summed E-state index contributed by atoms with van der Waals surface area (Å²) < 4.78 is 1.19. The van der Waals surface area contributed by atoms with Crippen molar-refractivity contribution in [2.24, 2.45) is 5.92 Å². The van der Waals surface area contributed by atoms with Gasteiger partial charge in [-0.1, -0.05) is 35.0 Å². The molecule has 1 N–H and O–H groups in total. The molecule has 0 amide bonds. The maximum Gasteiger partial charge on any atom is 0.0208 e. The van der Waals surface area contributed by atoms with Gasteiger partial charge >= 0.3 is 0 Å². The molecule has 1 aromatic rings. The van der Waals surface area contributed by atoms with Crippen molar-refractivity contribution in [2.45, 2.75) is 32.9 Å². The summed E-state index contributed by atoms with van der Waals surface area (Å²) in [5.74, 6) is 0.736. The Balaban J connectivity index is 1.89. The molecule has 1 aromatic carbocycles. The van der Waals surface area contributed by atoms with E-state index in [1.165, 1.54) is 35.1 Å². The van der Waals surface area contributed by atoms with Gasteiger partial charge in [-0.25, -0.2) is 0 Å². The third-order valence-electron chi connectivity index (χ3n) is 3.90. The molecule has 0 aliphatic carbocycles. The molecular formula is C15H23BrN2. The summed E-state index contributed by atoms with van der Waals surface area (Å²) >= 11 is 3.55. The van der Waals surface area contributed by atoms with Crippen LogP contribution in [0.15, 0.2) is 22.7 Å². The molecule has 0 aromatic heterocycles. The number of aryl methyl sites for hydroxylation is 1. The van der Waals surface area contributed by atoms with E-state index in [1.54, 1.807) is 0 Å². The van der Waals surface area contributed by atoms with Crippen LogP contribution in [0.25, 0.3) is 0 Å². The molecular weight excluding hydrogens is 288 g/mol. The van der Waals surface area contributed by atoms with Crippen LogP contribution in [0.1, 0.15) is 24.5 Å². The summed E-state index contributed by atoms with van der Waals surface area (Å²) in [6.07, 6.45) is 1.26. The first-order chi connectivity index (χ1) is 8.56. The lowest BCUT2D eigenvalue weighted by molar-refractivity contribution is 0.174. The summed E-state index contributed by atoms with van der Waals surface area (Å²) in [6, 6.07) is 7.26. The molecule has 1 fully saturated rings. The number of halogens is 1. The van der Waals surface area contributed by atoms with Gasteiger partial charge in [0.1, 0.15) is 0 Å². The Bertz CT molecular complexity index is 405. The highest BCUT2D eigenvalue weighted by Crippen LogP contribution is 2.19. The van der Waals surface area contributed by atoms with Crippen molar-refractivity contribution in [1.82, 2.24) is 10.2 Å². The number of nitrogens with one attached hydrogen (secondary N) is 1. The minimum atomic E-state index is 0.658. The monoisotopic (exact) mass is 310 g/mol. The average molecular weight is 311 g/mol. The molecule has 1 heterocycles. The quantitative estimate of drug-likeness (QED) is 0.922. The number of likely N-dealkylation sites (tertiary alicyclic amines) is 1. The Morgan fingerprint density at radius 3 is 2.89 bits per heavy atom. The van der Waals surface area contributed by atoms with Crippen molar-refractivity contribution in [3.05, 3.63) is 33.8 Å². The second-order valence-corrected chi connectivity index (χ2v) is 6.45. The Morgan fingerprint density at radius 2 is 2.22 bits per heavy atom. The third kappa shape index (κ3) is 3.56. The molecule has 0 spiro atoms. The van der Waals surface area contributed by atoms with Gasteiger partial charge in [0.25, 0.3) is 0 Å². The number of benzene rings is 1. The average Bonchev–Trinajstić information content (AvgIpc) is 2.32. The first-order valence-electron chi connectivity index (χ1n) is 6.73. The number of piperidine rings is 1. The molecule has 2 rings (SSSR count). The molecule has 2 nitrogen and oxygen atoms in total. The molecule has 1 aliphatic rings. The van der Waals surface area contributed by atoms with E-state index in [2.05, 4.69) is 65.2 Å². The molecule has 2 atom stereocenters. The van der Waals surface area contributed by atoms with Crippen LogP contribution in [0.2, 0.25) is 0 Å². The van der Waals surface area contributed by atoms with Crippen molar-refractivity contribution in [1.29, 1.82) is 0 Å². The van der Waals surface area contributed by atoms with E-state index >= 15 is 0 Å². The second-order valence-electron chi connectivity index (χ2n) is 5.60. The Kier molecular flexibility index (Phi) is 4.82. The molecule has 0 bridgehead atoms. The van der Waals surface area contributed by atoms with Crippen LogP contribution in [0, 0.1) is 12.8 Å². The number of rotatable bonds is 3. The lowest BCUT2D eigenvalue weighted by Crippen LogP contribution is -2.46. The zero-order chi connectivity index (χ0) is 13.1. The van der Waals surface area contributed by atoms with Gasteiger partial charge in [0.2, 0.25) is 0 Å². The zero-order valence-corrected chi connectivity index (χ0v) is 13.1. The molecule has 0 radical (unpaired) electrons.